The molecule has 1 atom stereocenters. The van der Waals surface area contributed by atoms with E-state index in [1.54, 1.807) is 26.4 Å². The lowest BCUT2D eigenvalue weighted by atomic mass is 10.0. The molecule has 0 aliphatic heterocycles. The van der Waals surface area contributed by atoms with Crippen LogP contribution in [0.25, 0.3) is 11.1 Å². The van der Waals surface area contributed by atoms with E-state index in [9.17, 15) is 9.59 Å². The summed E-state index contributed by atoms with van der Waals surface area (Å²) < 4.78 is 0. The van der Waals surface area contributed by atoms with Crippen molar-refractivity contribution in [1.82, 2.24) is 9.88 Å². The molecule has 0 radical (unpaired) electrons. The second-order valence-corrected chi connectivity index (χ2v) is 5.82. The van der Waals surface area contributed by atoms with E-state index in [1.807, 2.05) is 37.3 Å². The molecule has 0 aliphatic rings. The first-order valence-corrected chi connectivity index (χ1v) is 7.64. The lowest BCUT2D eigenvalue weighted by Gasteiger charge is -2.21. The van der Waals surface area contributed by atoms with Crippen molar-refractivity contribution in [2.75, 3.05) is 18.9 Å². The van der Waals surface area contributed by atoms with Crippen LogP contribution in [0, 0.1) is 12.8 Å². The molecule has 2 N–H and O–H groups in total. The Kier molecular flexibility index (Phi) is 5.52. The minimum atomic E-state index is -0.926. The van der Waals surface area contributed by atoms with Crippen molar-refractivity contribution in [2.45, 2.75) is 13.8 Å². The molecule has 0 aliphatic carbocycles. The van der Waals surface area contributed by atoms with Gasteiger partial charge in [-0.1, -0.05) is 25.1 Å². The molecule has 1 aromatic heterocycles. The van der Waals surface area contributed by atoms with Gasteiger partial charge in [0, 0.05) is 37.2 Å². The molecular weight excluding hydrogens is 306 g/mol. The zero-order chi connectivity index (χ0) is 17.7. The van der Waals surface area contributed by atoms with Crippen LogP contribution in [0.3, 0.4) is 0 Å². The average molecular weight is 327 g/mol. The first-order valence-electron chi connectivity index (χ1n) is 7.64. The number of aliphatic carboxylic acids is 1. The topological polar surface area (TPSA) is 82.5 Å². The van der Waals surface area contributed by atoms with Gasteiger partial charge >= 0.3 is 12.0 Å². The fourth-order valence-corrected chi connectivity index (χ4v) is 2.25. The van der Waals surface area contributed by atoms with Crippen LogP contribution in [-0.4, -0.2) is 40.6 Å². The Balaban J connectivity index is 2.14. The molecule has 6 heteroatoms. The number of carboxylic acid groups (broad SMARTS) is 1. The summed E-state index contributed by atoms with van der Waals surface area (Å²) >= 11 is 0. The Morgan fingerprint density at radius 2 is 2.04 bits per heavy atom. The van der Waals surface area contributed by atoms with Gasteiger partial charge in [0.15, 0.2) is 0 Å². The monoisotopic (exact) mass is 327 g/mol. The van der Waals surface area contributed by atoms with Gasteiger partial charge < -0.3 is 15.3 Å². The first-order chi connectivity index (χ1) is 11.4. The highest BCUT2D eigenvalue weighted by Gasteiger charge is 2.18. The molecular formula is C18H21N3O3. The highest BCUT2D eigenvalue weighted by molar-refractivity contribution is 5.91. The zero-order valence-electron chi connectivity index (χ0n) is 14.0. The van der Waals surface area contributed by atoms with Crippen LogP contribution >= 0.6 is 0 Å². The van der Waals surface area contributed by atoms with Crippen molar-refractivity contribution in [2.24, 2.45) is 5.92 Å². The van der Waals surface area contributed by atoms with Gasteiger partial charge in [-0.15, -0.1) is 0 Å². The van der Waals surface area contributed by atoms with E-state index in [0.717, 1.165) is 16.7 Å². The van der Waals surface area contributed by atoms with Crippen LogP contribution in [0.15, 0.2) is 42.7 Å². The van der Waals surface area contributed by atoms with Crippen molar-refractivity contribution in [3.8, 4) is 11.1 Å². The second-order valence-electron chi connectivity index (χ2n) is 5.82. The molecule has 0 bridgehead atoms. The summed E-state index contributed by atoms with van der Waals surface area (Å²) in [6, 6.07) is 9.25. The molecule has 0 saturated heterocycles. The molecule has 2 rings (SSSR count). The number of aromatic nitrogens is 1. The number of rotatable bonds is 5. The maximum absolute atomic E-state index is 12.3. The summed E-state index contributed by atoms with van der Waals surface area (Å²) in [4.78, 5) is 28.7. The minimum absolute atomic E-state index is 0.141. The largest absolute Gasteiger partial charge is 0.481 e. The van der Waals surface area contributed by atoms with Crippen LogP contribution in [0.5, 0.6) is 0 Å². The van der Waals surface area contributed by atoms with E-state index in [-0.39, 0.29) is 12.6 Å². The molecule has 1 heterocycles. The van der Waals surface area contributed by atoms with Crippen molar-refractivity contribution in [3.63, 3.8) is 0 Å². The van der Waals surface area contributed by atoms with Crippen LogP contribution in [0.4, 0.5) is 10.5 Å². The Bertz CT molecular complexity index is 732. The maximum atomic E-state index is 12.3. The maximum Gasteiger partial charge on any atom is 0.321 e. The number of hydrogen-bond donors (Lipinski definition) is 2. The summed E-state index contributed by atoms with van der Waals surface area (Å²) in [6.07, 6.45) is 3.47. The zero-order valence-corrected chi connectivity index (χ0v) is 14.0. The van der Waals surface area contributed by atoms with Gasteiger partial charge in [-0.3, -0.25) is 9.78 Å². The van der Waals surface area contributed by atoms with Gasteiger partial charge in [0.1, 0.15) is 0 Å². The molecule has 2 aromatic rings. The quantitative estimate of drug-likeness (QED) is 0.883. The normalized spacial score (nSPS) is 11.6. The van der Waals surface area contributed by atoms with Crippen molar-refractivity contribution >= 4 is 17.7 Å². The fraction of sp³-hybridized carbons (Fsp3) is 0.278. The molecule has 126 valence electrons. The predicted molar refractivity (Wildman–Crippen MR) is 92.9 cm³/mol. The number of pyridine rings is 1. The molecule has 1 unspecified atom stereocenters. The number of carbonyl (C=O) groups is 2. The third-order valence-corrected chi connectivity index (χ3v) is 3.79. The molecule has 6 nitrogen and oxygen atoms in total. The van der Waals surface area contributed by atoms with Gasteiger partial charge in [-0.25, -0.2) is 4.79 Å². The van der Waals surface area contributed by atoms with Gasteiger partial charge in [0.25, 0.3) is 0 Å². The Hall–Kier alpha value is -2.89. The van der Waals surface area contributed by atoms with E-state index >= 15 is 0 Å². The van der Waals surface area contributed by atoms with E-state index in [1.165, 1.54) is 4.90 Å². The van der Waals surface area contributed by atoms with E-state index < -0.39 is 11.9 Å². The number of nitrogens with zero attached hydrogens (tertiary/aromatic N) is 2. The highest BCUT2D eigenvalue weighted by Crippen LogP contribution is 2.25. The first kappa shape index (κ1) is 17.5. The molecule has 24 heavy (non-hydrogen) atoms. The minimum Gasteiger partial charge on any atom is -0.481 e. The Labute approximate surface area is 141 Å². The fourth-order valence-electron chi connectivity index (χ4n) is 2.25. The van der Waals surface area contributed by atoms with Gasteiger partial charge in [-0.05, 0) is 30.2 Å². The average Bonchev–Trinajstić information content (AvgIpc) is 2.57. The van der Waals surface area contributed by atoms with Crippen LogP contribution in [-0.2, 0) is 4.79 Å². The summed E-state index contributed by atoms with van der Waals surface area (Å²) in [5, 5.41) is 11.8. The number of amides is 2. The van der Waals surface area contributed by atoms with Crippen LogP contribution in [0.2, 0.25) is 0 Å². The second kappa shape index (κ2) is 7.59. The number of hydrogen-bond acceptors (Lipinski definition) is 3. The Morgan fingerprint density at radius 3 is 2.67 bits per heavy atom. The lowest BCUT2D eigenvalue weighted by Crippen LogP contribution is -2.36. The number of aryl methyl sites for hydroxylation is 1. The van der Waals surface area contributed by atoms with Crippen molar-refractivity contribution in [3.05, 3.63) is 48.3 Å². The number of carboxylic acids is 1. The number of nitrogens with one attached hydrogen (secondary N) is 1. The van der Waals surface area contributed by atoms with E-state index in [4.69, 9.17) is 5.11 Å². The highest BCUT2D eigenvalue weighted by atomic mass is 16.4. The number of anilines is 1. The molecule has 2 amide bonds. The predicted octanol–water partition coefficient (Wildman–Crippen LogP) is 3.24. The van der Waals surface area contributed by atoms with Gasteiger partial charge in [0.05, 0.1) is 5.92 Å². The number of benzene rings is 1. The summed E-state index contributed by atoms with van der Waals surface area (Å²) in [6.45, 7) is 3.62. The smallest absolute Gasteiger partial charge is 0.321 e. The van der Waals surface area contributed by atoms with Crippen molar-refractivity contribution in [1.29, 1.82) is 0 Å². The SMILES string of the molecule is Cc1ccc(-c2cccnc2)cc1NC(=O)N(C)CC(C)C(=O)O. The summed E-state index contributed by atoms with van der Waals surface area (Å²) in [5.41, 5.74) is 3.53. The Morgan fingerprint density at radius 1 is 1.29 bits per heavy atom. The van der Waals surface area contributed by atoms with Gasteiger partial charge in [-0.2, -0.15) is 0 Å². The third kappa shape index (κ3) is 4.32. The van der Waals surface area contributed by atoms with E-state index in [0.29, 0.717) is 5.69 Å². The summed E-state index contributed by atoms with van der Waals surface area (Å²) in [5.74, 6) is -1.55. The summed E-state index contributed by atoms with van der Waals surface area (Å²) in [7, 11) is 1.58. The molecule has 1 aromatic carbocycles. The van der Waals surface area contributed by atoms with E-state index in [2.05, 4.69) is 10.3 Å². The molecule has 0 spiro atoms. The van der Waals surface area contributed by atoms with Gasteiger partial charge in [0.2, 0.25) is 0 Å². The molecule has 0 saturated carbocycles. The lowest BCUT2D eigenvalue weighted by molar-refractivity contribution is -0.141. The van der Waals surface area contributed by atoms with Crippen LogP contribution < -0.4 is 5.32 Å². The van der Waals surface area contributed by atoms with Crippen molar-refractivity contribution < 1.29 is 14.7 Å². The third-order valence-electron chi connectivity index (χ3n) is 3.79. The standard InChI is InChI=1S/C18H21N3O3/c1-12-6-7-14(15-5-4-8-19-10-15)9-16(12)20-18(24)21(3)11-13(2)17(22)23/h4-10,13H,11H2,1-3H3,(H,20,24)(H,22,23). The number of carbonyl (C=O) groups excluding carboxylic acids is 1. The number of urea groups is 1. The molecule has 0 fully saturated rings. The van der Waals surface area contributed by atoms with Crippen LogP contribution in [0.1, 0.15) is 12.5 Å².